The Balaban J connectivity index is 1.99. The smallest absolute Gasteiger partial charge is 0.210 e. The van der Waals surface area contributed by atoms with Crippen molar-refractivity contribution >= 4 is 9.84 Å². The number of ether oxygens (including phenoxy) is 1. The summed E-state index contributed by atoms with van der Waals surface area (Å²) in [6.45, 7) is 1.48. The van der Waals surface area contributed by atoms with Crippen LogP contribution in [0.3, 0.4) is 0 Å². The molecule has 0 bridgehead atoms. The number of halogens is 1. The maximum atomic E-state index is 13.7. The molecule has 104 valence electrons. The molecule has 2 aromatic carbocycles. The van der Waals surface area contributed by atoms with Gasteiger partial charge in [-0.25, -0.2) is 12.8 Å². The van der Waals surface area contributed by atoms with Crippen LogP contribution in [0.5, 0.6) is 0 Å². The van der Waals surface area contributed by atoms with Crippen molar-refractivity contribution in [3.05, 3.63) is 66.0 Å². The number of rotatable bonds is 3. The average molecular weight is 292 g/mol. The summed E-state index contributed by atoms with van der Waals surface area (Å²) in [5.74, 6) is -0.454. The van der Waals surface area contributed by atoms with E-state index >= 15 is 0 Å². The van der Waals surface area contributed by atoms with E-state index in [0.717, 1.165) is 0 Å². The van der Waals surface area contributed by atoms with E-state index < -0.39 is 26.7 Å². The van der Waals surface area contributed by atoms with Crippen molar-refractivity contribution in [2.45, 2.75) is 22.9 Å². The van der Waals surface area contributed by atoms with E-state index in [4.69, 9.17) is 4.74 Å². The molecule has 1 saturated heterocycles. The lowest BCUT2D eigenvalue weighted by Crippen LogP contribution is -2.22. The van der Waals surface area contributed by atoms with Crippen molar-refractivity contribution in [1.29, 1.82) is 0 Å². The van der Waals surface area contributed by atoms with Gasteiger partial charge >= 0.3 is 0 Å². The van der Waals surface area contributed by atoms with E-state index in [1.807, 2.05) is 0 Å². The Labute approximate surface area is 116 Å². The SMILES string of the molecule is CC1(S(=O)(=O)c2ccccc2)OC1c1ccccc1F. The van der Waals surface area contributed by atoms with Crippen molar-refractivity contribution in [2.75, 3.05) is 0 Å². The van der Waals surface area contributed by atoms with E-state index in [9.17, 15) is 12.8 Å². The molecule has 2 unspecified atom stereocenters. The second-order valence-corrected chi connectivity index (χ2v) is 7.14. The van der Waals surface area contributed by atoms with Gasteiger partial charge in [0.25, 0.3) is 0 Å². The fraction of sp³-hybridized carbons (Fsp3) is 0.200. The summed E-state index contributed by atoms with van der Waals surface area (Å²) in [5, 5.41) is 0. The van der Waals surface area contributed by atoms with Gasteiger partial charge in [-0.05, 0) is 25.1 Å². The Morgan fingerprint density at radius 3 is 2.30 bits per heavy atom. The second-order valence-electron chi connectivity index (χ2n) is 4.85. The first-order valence-corrected chi connectivity index (χ1v) is 7.67. The predicted octanol–water partition coefficient (Wildman–Crippen LogP) is 3.09. The highest BCUT2D eigenvalue weighted by Crippen LogP contribution is 2.55. The molecule has 0 amide bonds. The highest BCUT2D eigenvalue weighted by atomic mass is 32.2. The van der Waals surface area contributed by atoms with E-state index in [0.29, 0.717) is 0 Å². The van der Waals surface area contributed by atoms with Gasteiger partial charge < -0.3 is 4.74 Å². The Morgan fingerprint density at radius 2 is 1.65 bits per heavy atom. The summed E-state index contributed by atoms with van der Waals surface area (Å²) in [6, 6.07) is 14.1. The Morgan fingerprint density at radius 1 is 1.05 bits per heavy atom. The molecule has 5 heteroatoms. The zero-order valence-corrected chi connectivity index (χ0v) is 11.6. The average Bonchev–Trinajstić information content (AvgIpc) is 3.14. The number of hydrogen-bond donors (Lipinski definition) is 0. The van der Waals surface area contributed by atoms with Gasteiger partial charge in [0.15, 0.2) is 0 Å². The summed E-state index contributed by atoms with van der Waals surface area (Å²) in [4.78, 5) is -1.22. The van der Waals surface area contributed by atoms with Crippen LogP contribution < -0.4 is 0 Å². The van der Waals surface area contributed by atoms with E-state index in [1.54, 1.807) is 36.4 Å². The van der Waals surface area contributed by atoms with Crippen LogP contribution in [0.2, 0.25) is 0 Å². The van der Waals surface area contributed by atoms with Crippen LogP contribution in [0.15, 0.2) is 59.5 Å². The van der Waals surface area contributed by atoms with Gasteiger partial charge in [-0.1, -0.05) is 36.4 Å². The largest absolute Gasteiger partial charge is 0.344 e. The van der Waals surface area contributed by atoms with Gasteiger partial charge in [0.1, 0.15) is 11.9 Å². The van der Waals surface area contributed by atoms with E-state index in [1.165, 1.54) is 25.1 Å². The van der Waals surface area contributed by atoms with Gasteiger partial charge in [-0.3, -0.25) is 0 Å². The molecular weight excluding hydrogens is 279 g/mol. The molecule has 0 radical (unpaired) electrons. The summed E-state index contributed by atoms with van der Waals surface area (Å²) >= 11 is 0. The standard InChI is InChI=1S/C15H13FO3S/c1-15(20(17,18)11-7-3-2-4-8-11)14(19-15)12-9-5-6-10-13(12)16/h2-10,14H,1H3. The molecule has 0 spiro atoms. The highest BCUT2D eigenvalue weighted by molar-refractivity contribution is 7.93. The molecule has 0 aromatic heterocycles. The molecule has 3 rings (SSSR count). The summed E-state index contributed by atoms with van der Waals surface area (Å²) in [6.07, 6.45) is -0.770. The molecular formula is C15H13FO3S. The molecule has 1 heterocycles. The van der Waals surface area contributed by atoms with Crippen LogP contribution in [0.4, 0.5) is 4.39 Å². The van der Waals surface area contributed by atoms with Crippen molar-refractivity contribution < 1.29 is 17.5 Å². The molecule has 0 saturated carbocycles. The maximum absolute atomic E-state index is 13.7. The zero-order chi connectivity index (χ0) is 14.4. The lowest BCUT2D eigenvalue weighted by atomic mass is 10.1. The van der Waals surface area contributed by atoms with Crippen molar-refractivity contribution in [3.63, 3.8) is 0 Å². The van der Waals surface area contributed by atoms with Crippen molar-refractivity contribution in [1.82, 2.24) is 0 Å². The van der Waals surface area contributed by atoms with Crippen LogP contribution >= 0.6 is 0 Å². The number of sulfone groups is 1. The molecule has 0 aliphatic carbocycles. The third-order valence-electron chi connectivity index (χ3n) is 3.55. The molecule has 0 N–H and O–H groups in total. The normalized spacial score (nSPS) is 25.4. The first kappa shape index (κ1) is 13.3. The van der Waals surface area contributed by atoms with Crippen molar-refractivity contribution in [3.8, 4) is 0 Å². The third kappa shape index (κ3) is 1.85. The minimum Gasteiger partial charge on any atom is -0.344 e. The lowest BCUT2D eigenvalue weighted by molar-refractivity contribution is 0.354. The van der Waals surface area contributed by atoms with Gasteiger partial charge in [0.2, 0.25) is 14.8 Å². The minimum atomic E-state index is -3.67. The fourth-order valence-corrected chi connectivity index (χ4v) is 3.89. The van der Waals surface area contributed by atoms with E-state index in [2.05, 4.69) is 0 Å². The van der Waals surface area contributed by atoms with Gasteiger partial charge in [0, 0.05) is 5.56 Å². The molecule has 3 nitrogen and oxygen atoms in total. The Kier molecular flexibility index (Phi) is 2.92. The molecule has 2 atom stereocenters. The first-order chi connectivity index (χ1) is 9.47. The topological polar surface area (TPSA) is 46.7 Å². The van der Waals surface area contributed by atoms with Crippen LogP contribution in [0, 0.1) is 5.82 Å². The zero-order valence-electron chi connectivity index (χ0n) is 10.8. The summed E-state index contributed by atoms with van der Waals surface area (Å²) in [5.41, 5.74) is 0.273. The summed E-state index contributed by atoms with van der Waals surface area (Å²) < 4.78 is 44.2. The number of epoxide rings is 1. The van der Waals surface area contributed by atoms with Crippen LogP contribution in [-0.2, 0) is 14.6 Å². The predicted molar refractivity (Wildman–Crippen MR) is 72.3 cm³/mol. The van der Waals surface area contributed by atoms with Crippen LogP contribution in [0.25, 0.3) is 0 Å². The maximum Gasteiger partial charge on any atom is 0.210 e. The fourth-order valence-electron chi connectivity index (χ4n) is 2.27. The molecule has 1 aliphatic heterocycles. The molecule has 1 fully saturated rings. The molecule has 1 aliphatic rings. The monoisotopic (exact) mass is 292 g/mol. The number of benzene rings is 2. The van der Waals surface area contributed by atoms with Crippen LogP contribution in [0.1, 0.15) is 18.6 Å². The first-order valence-electron chi connectivity index (χ1n) is 6.19. The quantitative estimate of drug-likeness (QED) is 0.817. The Bertz CT molecular complexity index is 743. The highest BCUT2D eigenvalue weighted by Gasteiger charge is 2.64. The van der Waals surface area contributed by atoms with Gasteiger partial charge in [-0.2, -0.15) is 0 Å². The van der Waals surface area contributed by atoms with Gasteiger partial charge in [0.05, 0.1) is 4.90 Å². The lowest BCUT2D eigenvalue weighted by Gasteiger charge is -2.09. The van der Waals surface area contributed by atoms with Crippen molar-refractivity contribution in [2.24, 2.45) is 0 Å². The summed E-state index contributed by atoms with van der Waals surface area (Å²) in [7, 11) is -3.67. The van der Waals surface area contributed by atoms with Gasteiger partial charge in [-0.15, -0.1) is 0 Å². The second kappa shape index (κ2) is 4.40. The van der Waals surface area contributed by atoms with E-state index in [-0.39, 0.29) is 10.5 Å². The molecule has 20 heavy (non-hydrogen) atoms. The third-order valence-corrected chi connectivity index (χ3v) is 5.82. The Hall–Kier alpha value is -1.72. The minimum absolute atomic E-state index is 0.182. The van der Waals surface area contributed by atoms with Crippen LogP contribution in [-0.4, -0.2) is 13.4 Å². The molecule has 2 aromatic rings. The number of hydrogen-bond acceptors (Lipinski definition) is 3.